The van der Waals surface area contributed by atoms with Crippen molar-refractivity contribution in [2.45, 2.75) is 11.6 Å². The van der Waals surface area contributed by atoms with E-state index in [4.69, 9.17) is 28.5 Å². The fraction of sp³-hybridized carbons (Fsp3) is 0.250. The molecule has 0 aromatic rings. The number of carbonyl (C=O) groups is 2. The van der Waals surface area contributed by atoms with Gasteiger partial charge in [0.05, 0.1) is 23.0 Å². The molecule has 0 aromatic heterocycles. The van der Waals surface area contributed by atoms with Gasteiger partial charge < -0.3 is 21.1 Å². The highest BCUT2D eigenvalue weighted by Gasteiger charge is 2.53. The van der Waals surface area contributed by atoms with Crippen LogP contribution in [0.2, 0.25) is 0 Å². The highest BCUT2D eigenvalue weighted by molar-refractivity contribution is 5.95. The Morgan fingerprint density at radius 3 is 2.05 bits per heavy atom. The molecule has 0 saturated heterocycles. The Morgan fingerprint density at radius 2 is 1.75 bits per heavy atom. The summed E-state index contributed by atoms with van der Waals surface area (Å²) in [6.45, 7) is 0. The number of nitrogens with one attached hydrogen (secondary N) is 4. The Morgan fingerprint density at radius 1 is 1.15 bits per heavy atom. The van der Waals surface area contributed by atoms with Gasteiger partial charge >= 0.3 is 11.9 Å². The van der Waals surface area contributed by atoms with E-state index in [0.29, 0.717) is 0 Å². The number of rotatable bonds is 6. The number of hydrazine groups is 4. The van der Waals surface area contributed by atoms with Crippen molar-refractivity contribution in [3.63, 3.8) is 0 Å². The van der Waals surface area contributed by atoms with E-state index in [-0.39, 0.29) is 17.0 Å². The summed E-state index contributed by atoms with van der Waals surface area (Å²) < 4.78 is 0. The summed E-state index contributed by atoms with van der Waals surface area (Å²) in [5, 5.41) is 18.5. The zero-order valence-electron chi connectivity index (χ0n) is 10.2. The molecule has 0 radical (unpaired) electrons. The zero-order valence-corrected chi connectivity index (χ0v) is 10.2. The van der Waals surface area contributed by atoms with E-state index in [2.05, 4.69) is 21.7 Å². The van der Waals surface area contributed by atoms with Crippen LogP contribution in [-0.2, 0) is 9.59 Å². The molecule has 2 atom stereocenters. The van der Waals surface area contributed by atoms with Crippen LogP contribution in [0.1, 0.15) is 0 Å². The first kappa shape index (κ1) is 15.8. The van der Waals surface area contributed by atoms with Gasteiger partial charge in [-0.1, -0.05) is 0 Å². The molecule has 0 amide bonds. The van der Waals surface area contributed by atoms with Gasteiger partial charge in [-0.2, -0.15) is 0 Å². The molecule has 12 nitrogen and oxygen atoms in total. The van der Waals surface area contributed by atoms with Crippen LogP contribution in [0.25, 0.3) is 0 Å². The molecule has 1 aliphatic carbocycles. The SMILES string of the molecule is NNC1=CC(C(=O)O)=C(NN)C(NN)C1(NN)C(=O)O. The van der Waals surface area contributed by atoms with Crippen LogP contribution in [-0.4, -0.2) is 33.7 Å². The van der Waals surface area contributed by atoms with Crippen molar-refractivity contribution in [3.05, 3.63) is 23.0 Å². The van der Waals surface area contributed by atoms with E-state index in [1.165, 1.54) is 0 Å². The third-order valence-corrected chi connectivity index (χ3v) is 3.00. The van der Waals surface area contributed by atoms with E-state index in [1.54, 1.807) is 0 Å². The largest absolute Gasteiger partial charge is 0.479 e. The first-order valence-electron chi connectivity index (χ1n) is 5.20. The summed E-state index contributed by atoms with van der Waals surface area (Å²) in [5.74, 6) is 18.3. The first-order chi connectivity index (χ1) is 9.40. The maximum absolute atomic E-state index is 11.6. The molecule has 12 heteroatoms. The first-order valence-corrected chi connectivity index (χ1v) is 5.20. The minimum Gasteiger partial charge on any atom is -0.479 e. The van der Waals surface area contributed by atoms with Crippen LogP contribution >= 0.6 is 0 Å². The number of nitrogens with two attached hydrogens (primary N) is 4. The van der Waals surface area contributed by atoms with E-state index in [9.17, 15) is 14.7 Å². The molecule has 0 saturated carbocycles. The monoisotopic (exact) mass is 288 g/mol. The smallest absolute Gasteiger partial charge is 0.337 e. The number of carboxylic acid groups (broad SMARTS) is 2. The molecule has 2 unspecified atom stereocenters. The Labute approximate surface area is 112 Å². The number of carboxylic acids is 2. The highest BCUT2D eigenvalue weighted by atomic mass is 16.4. The highest BCUT2D eigenvalue weighted by Crippen LogP contribution is 2.30. The fourth-order valence-electron chi connectivity index (χ4n) is 2.03. The Kier molecular flexibility index (Phi) is 4.61. The van der Waals surface area contributed by atoms with Crippen LogP contribution in [0.15, 0.2) is 23.0 Å². The van der Waals surface area contributed by atoms with Crippen molar-refractivity contribution < 1.29 is 19.8 Å². The van der Waals surface area contributed by atoms with Gasteiger partial charge in [0, 0.05) is 0 Å². The predicted molar refractivity (Wildman–Crippen MR) is 66.2 cm³/mol. The van der Waals surface area contributed by atoms with Crippen molar-refractivity contribution >= 4 is 11.9 Å². The van der Waals surface area contributed by atoms with Crippen LogP contribution in [0.5, 0.6) is 0 Å². The maximum atomic E-state index is 11.6. The van der Waals surface area contributed by atoms with Gasteiger partial charge in [0.1, 0.15) is 0 Å². The molecule has 14 N–H and O–H groups in total. The lowest BCUT2D eigenvalue weighted by molar-refractivity contribution is -0.144. The maximum Gasteiger partial charge on any atom is 0.337 e. The minimum absolute atomic E-state index is 0.181. The fourth-order valence-corrected chi connectivity index (χ4v) is 2.03. The lowest BCUT2D eigenvalue weighted by atomic mass is 9.79. The van der Waals surface area contributed by atoms with Crippen molar-refractivity contribution in [2.24, 2.45) is 23.4 Å². The molecule has 0 aliphatic heterocycles. The Balaban J connectivity index is 3.63. The molecule has 0 bridgehead atoms. The summed E-state index contributed by atoms with van der Waals surface area (Å²) in [5.41, 5.74) is 5.67. The van der Waals surface area contributed by atoms with Gasteiger partial charge in [0.2, 0.25) is 0 Å². The van der Waals surface area contributed by atoms with Gasteiger partial charge in [-0.25, -0.2) is 20.4 Å². The van der Waals surface area contributed by atoms with Crippen LogP contribution in [0, 0.1) is 0 Å². The van der Waals surface area contributed by atoms with Gasteiger partial charge in [0.15, 0.2) is 5.54 Å². The molecule has 20 heavy (non-hydrogen) atoms. The molecule has 1 rings (SSSR count). The second kappa shape index (κ2) is 5.83. The summed E-state index contributed by atoms with van der Waals surface area (Å²) in [7, 11) is 0. The summed E-state index contributed by atoms with van der Waals surface area (Å²) in [6.07, 6.45) is 0.985. The van der Waals surface area contributed by atoms with Crippen molar-refractivity contribution in [3.8, 4) is 0 Å². The van der Waals surface area contributed by atoms with Crippen LogP contribution in [0.4, 0.5) is 0 Å². The molecule has 0 aromatic carbocycles. The summed E-state index contributed by atoms with van der Waals surface area (Å²) >= 11 is 0. The van der Waals surface area contributed by atoms with E-state index >= 15 is 0 Å². The number of hydrogen-bond acceptors (Lipinski definition) is 10. The van der Waals surface area contributed by atoms with Crippen molar-refractivity contribution in [2.75, 3.05) is 0 Å². The average molecular weight is 288 g/mol. The number of hydrogen-bond donors (Lipinski definition) is 10. The topological polar surface area (TPSA) is 227 Å². The molecular formula is C8H16N8O4. The standard InChI is InChI=1S/C8H16N8O4/c9-13-3-1-2(6(17)18)4(14-10)5(15-11)8(3,16-12)7(19)20/h1,5,13-16H,9-12H2,(H,17,18)(H,19,20). The summed E-state index contributed by atoms with van der Waals surface area (Å²) in [6, 6.07) is -1.32. The van der Waals surface area contributed by atoms with E-state index in [0.717, 1.165) is 6.08 Å². The third kappa shape index (κ3) is 2.07. The van der Waals surface area contributed by atoms with Crippen LogP contribution < -0.4 is 45.1 Å². The molecule has 112 valence electrons. The Bertz CT molecular complexity index is 489. The second-order valence-electron chi connectivity index (χ2n) is 3.84. The lowest BCUT2D eigenvalue weighted by Gasteiger charge is -2.41. The average Bonchev–Trinajstić information content (AvgIpc) is 2.43. The van der Waals surface area contributed by atoms with Gasteiger partial charge in [0.25, 0.3) is 0 Å². The van der Waals surface area contributed by atoms with Crippen LogP contribution in [0.3, 0.4) is 0 Å². The molecular weight excluding hydrogens is 272 g/mol. The molecule has 0 spiro atoms. The number of aliphatic carboxylic acids is 2. The van der Waals surface area contributed by atoms with Gasteiger partial charge in [-0.05, 0) is 6.08 Å². The van der Waals surface area contributed by atoms with E-state index < -0.39 is 23.5 Å². The summed E-state index contributed by atoms with van der Waals surface area (Å²) in [4.78, 5) is 22.8. The van der Waals surface area contributed by atoms with Crippen molar-refractivity contribution in [1.82, 2.24) is 21.7 Å². The Hall–Kier alpha value is -2.22. The predicted octanol–water partition coefficient (Wildman–Crippen LogP) is -4.73. The normalized spacial score (nSPS) is 26.0. The van der Waals surface area contributed by atoms with Crippen molar-refractivity contribution in [1.29, 1.82) is 0 Å². The molecule has 0 fully saturated rings. The van der Waals surface area contributed by atoms with E-state index in [1.807, 2.05) is 0 Å². The van der Waals surface area contributed by atoms with Gasteiger partial charge in [-0.15, -0.1) is 0 Å². The third-order valence-electron chi connectivity index (χ3n) is 3.00. The molecule has 0 heterocycles. The van der Waals surface area contributed by atoms with Gasteiger partial charge in [-0.3, -0.25) is 23.4 Å². The minimum atomic E-state index is -2.04. The molecule has 1 aliphatic rings. The quantitative estimate of drug-likeness (QED) is 0.164. The zero-order chi connectivity index (χ0) is 15.5. The second-order valence-corrected chi connectivity index (χ2v) is 3.84. The lowest BCUT2D eigenvalue weighted by Crippen LogP contribution is -2.73.